The van der Waals surface area contributed by atoms with Crippen LogP contribution in [-0.2, 0) is 0 Å². The molecular formula is C21H32N2. The van der Waals surface area contributed by atoms with E-state index < -0.39 is 0 Å². The lowest BCUT2D eigenvalue weighted by molar-refractivity contribution is 0.133. The molecule has 1 aliphatic rings. The maximum absolute atomic E-state index is 2.63. The number of likely N-dealkylation sites (N-methyl/N-ethyl adjacent to an activating group) is 2. The molecule has 0 bridgehead atoms. The minimum absolute atomic E-state index is 0.354. The van der Waals surface area contributed by atoms with Gasteiger partial charge in [-0.25, -0.2) is 0 Å². The summed E-state index contributed by atoms with van der Waals surface area (Å²) >= 11 is 0. The highest BCUT2D eigenvalue weighted by molar-refractivity contribution is 5.26. The summed E-state index contributed by atoms with van der Waals surface area (Å²) in [5, 5.41) is 0. The van der Waals surface area contributed by atoms with Crippen molar-refractivity contribution < 1.29 is 0 Å². The summed E-state index contributed by atoms with van der Waals surface area (Å²) in [5.41, 5.74) is 4.18. The third-order valence-electron chi connectivity index (χ3n) is 4.58. The van der Waals surface area contributed by atoms with Crippen molar-refractivity contribution in [2.24, 2.45) is 0 Å². The van der Waals surface area contributed by atoms with Gasteiger partial charge in [-0.3, -0.25) is 9.80 Å². The smallest absolute Gasteiger partial charge is 0.0897 e. The Balaban J connectivity index is 2.52. The van der Waals surface area contributed by atoms with E-state index in [1.54, 1.807) is 0 Å². The molecule has 0 saturated carbocycles. The fourth-order valence-corrected chi connectivity index (χ4v) is 3.76. The molecule has 2 rings (SSSR count). The maximum Gasteiger partial charge on any atom is 0.0897 e. The topological polar surface area (TPSA) is 6.48 Å². The molecule has 1 aromatic rings. The molecule has 1 fully saturated rings. The van der Waals surface area contributed by atoms with Crippen LogP contribution < -0.4 is 0 Å². The fourth-order valence-electron chi connectivity index (χ4n) is 3.76. The molecule has 0 amide bonds. The molecule has 1 heterocycles. The van der Waals surface area contributed by atoms with Gasteiger partial charge in [-0.1, -0.05) is 67.5 Å². The van der Waals surface area contributed by atoms with Gasteiger partial charge in [0.15, 0.2) is 0 Å². The van der Waals surface area contributed by atoms with Crippen LogP contribution in [-0.4, -0.2) is 35.0 Å². The normalized spacial score (nSPS) is 25.4. The molecule has 2 heteroatoms. The van der Waals surface area contributed by atoms with Gasteiger partial charge in [0, 0.05) is 12.1 Å². The van der Waals surface area contributed by atoms with E-state index in [4.69, 9.17) is 0 Å². The highest BCUT2D eigenvalue weighted by Crippen LogP contribution is 2.39. The summed E-state index contributed by atoms with van der Waals surface area (Å²) in [6.07, 6.45) is 5.24. The predicted molar refractivity (Wildman–Crippen MR) is 100 cm³/mol. The first kappa shape index (κ1) is 18.0. The lowest BCUT2D eigenvalue weighted by atomic mass is 10.0. The average molecular weight is 313 g/mol. The summed E-state index contributed by atoms with van der Waals surface area (Å²) in [7, 11) is 0. The second-order valence-electron chi connectivity index (χ2n) is 6.91. The van der Waals surface area contributed by atoms with Gasteiger partial charge in [-0.05, 0) is 46.3 Å². The minimum atomic E-state index is 0.354. The molecule has 23 heavy (non-hydrogen) atoms. The van der Waals surface area contributed by atoms with Crippen molar-refractivity contribution in [2.75, 3.05) is 13.1 Å². The summed E-state index contributed by atoms with van der Waals surface area (Å²) < 4.78 is 0. The Bertz CT molecular complexity index is 518. The van der Waals surface area contributed by atoms with E-state index in [0.29, 0.717) is 18.2 Å². The van der Waals surface area contributed by atoms with Gasteiger partial charge >= 0.3 is 0 Å². The standard InChI is InChI=1S/C21H32N2/c1-7-22-19(14-16(3)4)20(15-17(5)6)23(8-2)21(22)18-12-10-9-11-13-18/h9-15,19-21H,7-8H2,1-6H3. The summed E-state index contributed by atoms with van der Waals surface area (Å²) in [4.78, 5) is 5.27. The Kier molecular flexibility index (Phi) is 6.20. The summed E-state index contributed by atoms with van der Waals surface area (Å²) in [6, 6.07) is 11.8. The number of rotatable bonds is 5. The number of allylic oxidation sites excluding steroid dienone is 2. The molecule has 0 radical (unpaired) electrons. The van der Waals surface area contributed by atoms with E-state index in [0.717, 1.165) is 13.1 Å². The minimum Gasteiger partial charge on any atom is -0.276 e. The van der Waals surface area contributed by atoms with Gasteiger partial charge in [-0.15, -0.1) is 0 Å². The molecule has 0 spiro atoms. The second kappa shape index (κ2) is 7.94. The first-order valence-electron chi connectivity index (χ1n) is 8.86. The Morgan fingerprint density at radius 3 is 1.61 bits per heavy atom. The number of hydrogen-bond acceptors (Lipinski definition) is 2. The number of hydrogen-bond donors (Lipinski definition) is 0. The van der Waals surface area contributed by atoms with Crippen molar-refractivity contribution in [3.05, 3.63) is 59.2 Å². The van der Waals surface area contributed by atoms with Gasteiger partial charge < -0.3 is 0 Å². The van der Waals surface area contributed by atoms with E-state index in [1.807, 2.05) is 0 Å². The van der Waals surface area contributed by atoms with E-state index in [2.05, 4.69) is 93.8 Å². The van der Waals surface area contributed by atoms with Gasteiger partial charge in [0.2, 0.25) is 0 Å². The zero-order chi connectivity index (χ0) is 17.0. The largest absolute Gasteiger partial charge is 0.276 e. The lowest BCUT2D eigenvalue weighted by Crippen LogP contribution is -2.35. The predicted octanol–water partition coefficient (Wildman–Crippen LogP) is 5.01. The Labute approximate surface area is 142 Å². The van der Waals surface area contributed by atoms with Crippen molar-refractivity contribution in [3.63, 3.8) is 0 Å². The molecule has 2 atom stereocenters. The van der Waals surface area contributed by atoms with Gasteiger partial charge in [0.05, 0.1) is 6.17 Å². The Hall–Kier alpha value is -1.38. The zero-order valence-electron chi connectivity index (χ0n) is 15.6. The molecule has 0 aromatic heterocycles. The summed E-state index contributed by atoms with van der Waals surface area (Å²) in [5.74, 6) is 0. The average Bonchev–Trinajstić information content (AvgIpc) is 2.80. The van der Waals surface area contributed by atoms with Crippen molar-refractivity contribution in [1.29, 1.82) is 0 Å². The first-order valence-corrected chi connectivity index (χ1v) is 8.86. The zero-order valence-corrected chi connectivity index (χ0v) is 15.6. The molecule has 0 aliphatic carbocycles. The quantitative estimate of drug-likeness (QED) is 0.705. The van der Waals surface area contributed by atoms with Crippen LogP contribution in [0.5, 0.6) is 0 Å². The highest BCUT2D eigenvalue weighted by atomic mass is 15.4. The molecule has 1 saturated heterocycles. The van der Waals surface area contributed by atoms with Crippen LogP contribution in [0.4, 0.5) is 0 Å². The molecule has 126 valence electrons. The van der Waals surface area contributed by atoms with Crippen LogP contribution in [0.1, 0.15) is 53.3 Å². The van der Waals surface area contributed by atoms with Crippen LogP contribution in [0.15, 0.2) is 53.6 Å². The van der Waals surface area contributed by atoms with Crippen LogP contribution in [0.2, 0.25) is 0 Å². The van der Waals surface area contributed by atoms with Gasteiger partial charge in [-0.2, -0.15) is 0 Å². The van der Waals surface area contributed by atoms with Crippen LogP contribution >= 0.6 is 0 Å². The van der Waals surface area contributed by atoms with E-state index in [9.17, 15) is 0 Å². The van der Waals surface area contributed by atoms with Gasteiger partial charge in [0.25, 0.3) is 0 Å². The Morgan fingerprint density at radius 1 is 0.826 bits per heavy atom. The molecule has 0 N–H and O–H groups in total. The fraction of sp³-hybridized carbons (Fsp3) is 0.524. The highest BCUT2D eigenvalue weighted by Gasteiger charge is 2.43. The van der Waals surface area contributed by atoms with Crippen LogP contribution in [0.3, 0.4) is 0 Å². The van der Waals surface area contributed by atoms with Crippen molar-refractivity contribution >= 4 is 0 Å². The monoisotopic (exact) mass is 312 g/mol. The molecule has 1 aliphatic heterocycles. The van der Waals surface area contributed by atoms with Crippen LogP contribution in [0, 0.1) is 0 Å². The van der Waals surface area contributed by atoms with E-state index >= 15 is 0 Å². The number of nitrogens with zero attached hydrogens (tertiary/aromatic N) is 2. The van der Waals surface area contributed by atoms with E-state index in [1.165, 1.54) is 16.7 Å². The molecular weight excluding hydrogens is 280 g/mol. The summed E-state index contributed by atoms with van der Waals surface area (Å²) in [6.45, 7) is 15.5. The lowest BCUT2D eigenvalue weighted by Gasteiger charge is -2.30. The van der Waals surface area contributed by atoms with Gasteiger partial charge in [0.1, 0.15) is 0 Å². The Morgan fingerprint density at radius 2 is 1.26 bits per heavy atom. The van der Waals surface area contributed by atoms with Crippen molar-refractivity contribution in [2.45, 2.75) is 59.8 Å². The van der Waals surface area contributed by atoms with Crippen molar-refractivity contribution in [1.82, 2.24) is 9.80 Å². The molecule has 2 unspecified atom stereocenters. The molecule has 1 aromatic carbocycles. The third kappa shape index (κ3) is 3.94. The second-order valence-corrected chi connectivity index (χ2v) is 6.91. The SMILES string of the molecule is CCN1C(C=C(C)C)C(C=C(C)C)N(CC)C1c1ccccc1. The third-order valence-corrected chi connectivity index (χ3v) is 4.58. The van der Waals surface area contributed by atoms with Crippen molar-refractivity contribution in [3.8, 4) is 0 Å². The first-order chi connectivity index (χ1) is 11.0. The molecule has 2 nitrogen and oxygen atoms in total. The van der Waals surface area contributed by atoms with Crippen LogP contribution in [0.25, 0.3) is 0 Å². The maximum atomic E-state index is 2.63. The van der Waals surface area contributed by atoms with E-state index in [-0.39, 0.29) is 0 Å². The number of benzene rings is 1.